The van der Waals surface area contributed by atoms with Crippen molar-refractivity contribution in [1.82, 2.24) is 9.78 Å². The Kier molecular flexibility index (Phi) is 3.38. The zero-order valence-electron chi connectivity index (χ0n) is 9.15. The molecule has 0 saturated carbocycles. The second-order valence-corrected chi connectivity index (χ2v) is 4.66. The summed E-state index contributed by atoms with van der Waals surface area (Å²) in [6.07, 6.45) is 0. The van der Waals surface area contributed by atoms with Crippen molar-refractivity contribution in [2.75, 3.05) is 0 Å². The van der Waals surface area contributed by atoms with Crippen LogP contribution in [-0.2, 0) is 6.54 Å². The molecule has 0 saturated heterocycles. The van der Waals surface area contributed by atoms with Crippen LogP contribution < -0.4 is 5.56 Å². The fraction of sp³-hybridized carbons (Fsp3) is 0.167. The van der Waals surface area contributed by atoms with E-state index in [-0.39, 0.29) is 17.9 Å². The zero-order chi connectivity index (χ0) is 12.4. The minimum absolute atomic E-state index is 0.198. The number of hydrogen-bond acceptors (Lipinski definition) is 2. The average Bonchev–Trinajstić information content (AvgIpc) is 2.22. The van der Waals surface area contributed by atoms with E-state index in [1.165, 1.54) is 22.9 Å². The van der Waals surface area contributed by atoms with Gasteiger partial charge in [0.15, 0.2) is 0 Å². The summed E-state index contributed by atoms with van der Waals surface area (Å²) < 4.78 is 15.1. The van der Waals surface area contributed by atoms with E-state index in [4.69, 9.17) is 0 Å². The van der Waals surface area contributed by atoms with Gasteiger partial charge in [-0.15, -0.1) is 0 Å². The van der Waals surface area contributed by atoms with Crippen LogP contribution in [0.4, 0.5) is 4.39 Å². The second-order valence-electron chi connectivity index (χ2n) is 3.75. The number of hydrogen-bond donors (Lipinski definition) is 0. The van der Waals surface area contributed by atoms with E-state index in [1.54, 1.807) is 19.1 Å². The molecule has 0 amide bonds. The molecule has 17 heavy (non-hydrogen) atoms. The maximum Gasteiger partial charge on any atom is 0.267 e. The molecule has 0 aliphatic heterocycles. The van der Waals surface area contributed by atoms with Gasteiger partial charge in [-0.05, 0) is 36.8 Å². The molecule has 0 unspecified atom stereocenters. The minimum Gasteiger partial charge on any atom is -0.268 e. The van der Waals surface area contributed by atoms with Crippen LogP contribution in [0.5, 0.6) is 0 Å². The quantitative estimate of drug-likeness (QED) is 0.853. The van der Waals surface area contributed by atoms with Gasteiger partial charge in [0, 0.05) is 10.5 Å². The van der Waals surface area contributed by atoms with Crippen LogP contribution in [0.1, 0.15) is 11.3 Å². The van der Waals surface area contributed by atoms with Crippen LogP contribution in [-0.4, -0.2) is 9.78 Å². The molecule has 0 atom stereocenters. The predicted molar refractivity (Wildman–Crippen MR) is 66.4 cm³/mol. The summed E-state index contributed by atoms with van der Waals surface area (Å²) in [7, 11) is 0. The summed E-state index contributed by atoms with van der Waals surface area (Å²) in [5.41, 5.74) is 1.24. The SMILES string of the molecule is Cc1ccc(=O)n(Cc2cc(F)cc(Br)c2)n1. The summed E-state index contributed by atoms with van der Waals surface area (Å²) in [6, 6.07) is 7.63. The van der Waals surface area contributed by atoms with Gasteiger partial charge in [-0.1, -0.05) is 15.9 Å². The zero-order valence-corrected chi connectivity index (χ0v) is 10.7. The molecule has 0 N–H and O–H groups in total. The van der Waals surface area contributed by atoms with Crippen LogP contribution in [0.15, 0.2) is 39.6 Å². The third-order valence-electron chi connectivity index (χ3n) is 2.25. The molecular weight excluding hydrogens is 287 g/mol. The van der Waals surface area contributed by atoms with Crippen LogP contribution in [0.2, 0.25) is 0 Å². The van der Waals surface area contributed by atoms with Crippen molar-refractivity contribution < 1.29 is 4.39 Å². The standard InChI is InChI=1S/C12H10BrFN2O/c1-8-2-3-12(17)16(15-8)7-9-4-10(13)6-11(14)5-9/h2-6H,7H2,1H3. The van der Waals surface area contributed by atoms with Gasteiger partial charge in [-0.25, -0.2) is 9.07 Å². The van der Waals surface area contributed by atoms with Gasteiger partial charge in [-0.2, -0.15) is 5.10 Å². The monoisotopic (exact) mass is 296 g/mol. The maximum atomic E-state index is 13.2. The molecular formula is C12H10BrFN2O. The topological polar surface area (TPSA) is 34.9 Å². The Labute approximate surface area is 106 Å². The van der Waals surface area contributed by atoms with Crippen LogP contribution in [0, 0.1) is 12.7 Å². The van der Waals surface area contributed by atoms with E-state index in [2.05, 4.69) is 21.0 Å². The Morgan fingerprint density at radius 2 is 2.12 bits per heavy atom. The summed E-state index contributed by atoms with van der Waals surface area (Å²) in [5.74, 6) is -0.338. The van der Waals surface area contributed by atoms with Gasteiger partial charge in [0.05, 0.1) is 12.2 Å². The molecule has 0 fully saturated rings. The number of aryl methyl sites for hydroxylation is 1. The van der Waals surface area contributed by atoms with Gasteiger partial charge < -0.3 is 0 Å². The second kappa shape index (κ2) is 4.79. The van der Waals surface area contributed by atoms with Crippen LogP contribution in [0.3, 0.4) is 0 Å². The molecule has 0 spiro atoms. The summed E-state index contributed by atoms with van der Waals surface area (Å²) in [4.78, 5) is 11.5. The van der Waals surface area contributed by atoms with Crippen molar-refractivity contribution in [3.8, 4) is 0 Å². The van der Waals surface area contributed by atoms with Crippen molar-refractivity contribution in [1.29, 1.82) is 0 Å². The van der Waals surface area contributed by atoms with Crippen molar-refractivity contribution in [3.05, 3.63) is 62.2 Å². The molecule has 1 aromatic carbocycles. The van der Waals surface area contributed by atoms with Crippen molar-refractivity contribution in [2.24, 2.45) is 0 Å². The molecule has 0 aliphatic carbocycles. The first kappa shape index (κ1) is 12.0. The molecule has 5 heteroatoms. The molecule has 0 bridgehead atoms. The Morgan fingerprint density at radius 1 is 1.35 bits per heavy atom. The highest BCUT2D eigenvalue weighted by molar-refractivity contribution is 9.10. The summed E-state index contributed by atoms with van der Waals surface area (Å²) in [5, 5.41) is 4.09. The summed E-state index contributed by atoms with van der Waals surface area (Å²) >= 11 is 3.21. The van der Waals surface area contributed by atoms with E-state index in [1.807, 2.05) is 0 Å². The Bertz CT molecular complexity index is 589. The summed E-state index contributed by atoms with van der Waals surface area (Å²) in [6.45, 7) is 2.06. The average molecular weight is 297 g/mol. The molecule has 2 rings (SSSR count). The van der Waals surface area contributed by atoms with Gasteiger partial charge in [0.1, 0.15) is 5.82 Å². The highest BCUT2D eigenvalue weighted by Gasteiger charge is 2.03. The van der Waals surface area contributed by atoms with Gasteiger partial charge in [0.2, 0.25) is 0 Å². The van der Waals surface area contributed by atoms with E-state index in [9.17, 15) is 9.18 Å². The molecule has 88 valence electrons. The first-order chi connectivity index (χ1) is 8.04. The lowest BCUT2D eigenvalue weighted by Crippen LogP contribution is -2.23. The molecule has 1 heterocycles. The van der Waals surface area contributed by atoms with Crippen LogP contribution >= 0.6 is 15.9 Å². The fourth-order valence-electron chi connectivity index (χ4n) is 1.54. The smallest absolute Gasteiger partial charge is 0.267 e. The third-order valence-corrected chi connectivity index (χ3v) is 2.71. The lowest BCUT2D eigenvalue weighted by molar-refractivity contribution is 0.606. The van der Waals surface area contributed by atoms with Gasteiger partial charge >= 0.3 is 0 Å². The van der Waals surface area contributed by atoms with E-state index >= 15 is 0 Å². The first-order valence-electron chi connectivity index (χ1n) is 5.04. The van der Waals surface area contributed by atoms with Crippen molar-refractivity contribution >= 4 is 15.9 Å². The van der Waals surface area contributed by atoms with E-state index < -0.39 is 0 Å². The van der Waals surface area contributed by atoms with Gasteiger partial charge in [0.25, 0.3) is 5.56 Å². The minimum atomic E-state index is -0.338. The van der Waals surface area contributed by atoms with Crippen molar-refractivity contribution in [3.63, 3.8) is 0 Å². The highest BCUT2D eigenvalue weighted by Crippen LogP contribution is 2.15. The number of halogens is 2. The fourth-order valence-corrected chi connectivity index (χ4v) is 2.05. The predicted octanol–water partition coefficient (Wildman–Crippen LogP) is 2.50. The van der Waals surface area contributed by atoms with Crippen molar-refractivity contribution in [2.45, 2.75) is 13.5 Å². The van der Waals surface area contributed by atoms with Gasteiger partial charge in [-0.3, -0.25) is 4.79 Å². The molecule has 0 aliphatic rings. The molecule has 0 radical (unpaired) electrons. The largest absolute Gasteiger partial charge is 0.268 e. The third kappa shape index (κ3) is 3.00. The lowest BCUT2D eigenvalue weighted by atomic mass is 10.2. The Hall–Kier alpha value is -1.49. The highest BCUT2D eigenvalue weighted by atomic mass is 79.9. The molecule has 3 nitrogen and oxygen atoms in total. The molecule has 2 aromatic rings. The van der Waals surface area contributed by atoms with E-state index in [0.717, 1.165) is 5.69 Å². The molecule has 1 aromatic heterocycles. The van der Waals surface area contributed by atoms with Crippen LogP contribution in [0.25, 0.3) is 0 Å². The Morgan fingerprint density at radius 3 is 2.82 bits per heavy atom. The lowest BCUT2D eigenvalue weighted by Gasteiger charge is -2.06. The Balaban J connectivity index is 2.37. The first-order valence-corrected chi connectivity index (χ1v) is 5.83. The number of aromatic nitrogens is 2. The normalized spacial score (nSPS) is 10.5. The number of nitrogens with zero attached hydrogens (tertiary/aromatic N) is 2. The number of benzene rings is 1. The maximum absolute atomic E-state index is 13.2. The number of rotatable bonds is 2. The van der Waals surface area contributed by atoms with E-state index in [0.29, 0.717) is 10.0 Å².